The number of nitrogens with zero attached hydrogens (tertiary/aromatic N) is 1. The minimum atomic E-state index is 0.0407. The van der Waals surface area contributed by atoms with E-state index in [9.17, 15) is 4.79 Å². The molecular weight excluding hydrogens is 240 g/mol. The first-order valence-electron chi connectivity index (χ1n) is 6.87. The molecule has 0 saturated carbocycles. The Morgan fingerprint density at radius 2 is 2.26 bits per heavy atom. The maximum absolute atomic E-state index is 12.0. The van der Waals surface area contributed by atoms with E-state index in [0.29, 0.717) is 12.5 Å². The van der Waals surface area contributed by atoms with E-state index < -0.39 is 0 Å². The summed E-state index contributed by atoms with van der Waals surface area (Å²) in [7, 11) is 0. The van der Waals surface area contributed by atoms with Crippen molar-refractivity contribution >= 4 is 11.6 Å². The summed E-state index contributed by atoms with van der Waals surface area (Å²) in [6, 6.07) is 7.80. The molecule has 4 nitrogen and oxygen atoms in total. The van der Waals surface area contributed by atoms with Crippen molar-refractivity contribution in [2.75, 3.05) is 31.6 Å². The fourth-order valence-corrected chi connectivity index (χ4v) is 2.58. The van der Waals surface area contributed by atoms with Crippen molar-refractivity contribution in [3.8, 4) is 0 Å². The van der Waals surface area contributed by atoms with E-state index in [2.05, 4.69) is 10.2 Å². The number of rotatable bonds is 5. The lowest BCUT2D eigenvalue weighted by molar-refractivity contribution is -0.117. The number of amides is 1. The van der Waals surface area contributed by atoms with E-state index in [1.54, 1.807) is 0 Å². The average Bonchev–Trinajstić information content (AvgIpc) is 2.80. The molecule has 1 unspecified atom stereocenters. The highest BCUT2D eigenvalue weighted by Crippen LogP contribution is 2.19. The summed E-state index contributed by atoms with van der Waals surface area (Å²) in [6.45, 7) is 4.54. The molecule has 1 atom stereocenters. The fraction of sp³-hybridized carbons (Fsp3) is 0.533. The van der Waals surface area contributed by atoms with Gasteiger partial charge in [0.1, 0.15) is 0 Å². The molecule has 1 aromatic carbocycles. The van der Waals surface area contributed by atoms with Crippen molar-refractivity contribution in [3.63, 3.8) is 0 Å². The van der Waals surface area contributed by atoms with E-state index in [-0.39, 0.29) is 12.5 Å². The van der Waals surface area contributed by atoms with Gasteiger partial charge in [0.25, 0.3) is 0 Å². The van der Waals surface area contributed by atoms with Crippen molar-refractivity contribution in [1.29, 1.82) is 0 Å². The van der Waals surface area contributed by atoms with Crippen LogP contribution < -0.4 is 5.32 Å². The topological polar surface area (TPSA) is 52.6 Å². The maximum atomic E-state index is 12.0. The van der Waals surface area contributed by atoms with Gasteiger partial charge in [0.2, 0.25) is 5.91 Å². The Labute approximate surface area is 114 Å². The molecule has 1 fully saturated rings. The molecule has 0 spiro atoms. The van der Waals surface area contributed by atoms with E-state index in [4.69, 9.17) is 5.11 Å². The van der Waals surface area contributed by atoms with Crippen molar-refractivity contribution in [1.82, 2.24) is 4.90 Å². The molecule has 19 heavy (non-hydrogen) atoms. The quantitative estimate of drug-likeness (QED) is 0.848. The van der Waals surface area contributed by atoms with Crippen molar-refractivity contribution in [2.24, 2.45) is 5.92 Å². The van der Waals surface area contributed by atoms with Crippen LogP contribution in [-0.4, -0.2) is 42.2 Å². The van der Waals surface area contributed by atoms with Gasteiger partial charge in [-0.2, -0.15) is 0 Å². The Morgan fingerprint density at radius 1 is 1.47 bits per heavy atom. The highest BCUT2D eigenvalue weighted by Gasteiger charge is 2.23. The predicted octanol–water partition coefficient (Wildman–Crippen LogP) is 1.64. The van der Waals surface area contributed by atoms with Crippen LogP contribution in [0, 0.1) is 12.8 Å². The van der Waals surface area contributed by atoms with Crippen LogP contribution in [0.4, 0.5) is 5.69 Å². The Hall–Kier alpha value is -1.39. The highest BCUT2D eigenvalue weighted by molar-refractivity contribution is 5.92. The molecule has 0 aliphatic carbocycles. The van der Waals surface area contributed by atoms with Gasteiger partial charge in [-0.05, 0) is 43.9 Å². The number of carbonyl (C=O) groups excluding carboxylic acids is 1. The summed E-state index contributed by atoms with van der Waals surface area (Å²) in [5.41, 5.74) is 1.97. The molecule has 1 saturated heterocycles. The van der Waals surface area contributed by atoms with Crippen LogP contribution in [0.1, 0.15) is 18.4 Å². The predicted molar refractivity (Wildman–Crippen MR) is 76.1 cm³/mol. The van der Waals surface area contributed by atoms with Crippen molar-refractivity contribution < 1.29 is 9.90 Å². The Balaban J connectivity index is 1.81. The van der Waals surface area contributed by atoms with Crippen LogP contribution in [0.15, 0.2) is 24.3 Å². The Morgan fingerprint density at radius 3 is 3.00 bits per heavy atom. The van der Waals surface area contributed by atoms with E-state index in [0.717, 1.165) is 37.2 Å². The number of benzene rings is 1. The zero-order valence-corrected chi connectivity index (χ0v) is 11.4. The third-order valence-electron chi connectivity index (χ3n) is 3.69. The van der Waals surface area contributed by atoms with Gasteiger partial charge in [-0.15, -0.1) is 0 Å². The van der Waals surface area contributed by atoms with Crippen LogP contribution in [0.2, 0.25) is 0 Å². The normalized spacial score (nSPS) is 19.6. The molecule has 1 aliphatic rings. The number of nitrogens with one attached hydrogen (secondary N) is 1. The van der Waals surface area contributed by atoms with Crippen LogP contribution in [0.25, 0.3) is 0 Å². The average molecular weight is 262 g/mol. The van der Waals surface area contributed by atoms with Gasteiger partial charge >= 0.3 is 0 Å². The molecule has 1 amide bonds. The number of aliphatic hydroxyl groups excluding tert-OH is 1. The van der Waals surface area contributed by atoms with Crippen LogP contribution in [0.5, 0.6) is 0 Å². The van der Waals surface area contributed by atoms with Gasteiger partial charge in [-0.1, -0.05) is 18.2 Å². The lowest BCUT2D eigenvalue weighted by Gasteiger charge is -2.16. The number of para-hydroxylation sites is 1. The minimum absolute atomic E-state index is 0.0407. The first kappa shape index (κ1) is 14.0. The molecule has 1 aliphatic heterocycles. The number of hydrogen-bond acceptors (Lipinski definition) is 3. The molecular formula is C15H22N2O2. The lowest BCUT2D eigenvalue weighted by atomic mass is 10.1. The van der Waals surface area contributed by atoms with Gasteiger partial charge in [-0.3, -0.25) is 9.69 Å². The number of aryl methyl sites for hydroxylation is 1. The largest absolute Gasteiger partial charge is 0.396 e. The second-order valence-corrected chi connectivity index (χ2v) is 5.27. The molecule has 1 aromatic rings. The van der Waals surface area contributed by atoms with Crippen LogP contribution >= 0.6 is 0 Å². The number of anilines is 1. The zero-order valence-electron chi connectivity index (χ0n) is 11.4. The molecule has 1 heterocycles. The second kappa shape index (κ2) is 6.68. The fourth-order valence-electron chi connectivity index (χ4n) is 2.58. The summed E-state index contributed by atoms with van der Waals surface area (Å²) >= 11 is 0. The monoisotopic (exact) mass is 262 g/mol. The molecule has 2 rings (SSSR count). The molecule has 104 valence electrons. The van der Waals surface area contributed by atoms with E-state index in [1.807, 2.05) is 31.2 Å². The third-order valence-corrected chi connectivity index (χ3v) is 3.69. The highest BCUT2D eigenvalue weighted by atomic mass is 16.3. The van der Waals surface area contributed by atoms with E-state index >= 15 is 0 Å². The minimum Gasteiger partial charge on any atom is -0.396 e. The van der Waals surface area contributed by atoms with Gasteiger partial charge in [0.15, 0.2) is 0 Å². The van der Waals surface area contributed by atoms with Gasteiger partial charge in [0, 0.05) is 18.8 Å². The standard InChI is InChI=1S/C15H22N2O2/c1-12-4-2-3-5-14(12)16-15(19)11-17-8-6-13(10-17)7-9-18/h2-5,13,18H,6-11H2,1H3,(H,16,19). The van der Waals surface area contributed by atoms with Crippen LogP contribution in [-0.2, 0) is 4.79 Å². The smallest absolute Gasteiger partial charge is 0.238 e. The molecule has 0 bridgehead atoms. The number of hydrogen-bond donors (Lipinski definition) is 2. The number of carbonyl (C=O) groups is 1. The summed E-state index contributed by atoms with van der Waals surface area (Å²) in [6.07, 6.45) is 1.92. The SMILES string of the molecule is Cc1ccccc1NC(=O)CN1CCC(CCO)C1. The zero-order chi connectivity index (χ0) is 13.7. The van der Waals surface area contributed by atoms with Crippen LogP contribution in [0.3, 0.4) is 0 Å². The second-order valence-electron chi connectivity index (χ2n) is 5.27. The van der Waals surface area contributed by atoms with Crippen molar-refractivity contribution in [2.45, 2.75) is 19.8 Å². The van der Waals surface area contributed by atoms with Gasteiger partial charge in [0.05, 0.1) is 6.54 Å². The molecule has 4 heteroatoms. The molecule has 0 aromatic heterocycles. The molecule has 0 radical (unpaired) electrons. The summed E-state index contributed by atoms with van der Waals surface area (Å²) < 4.78 is 0. The first-order chi connectivity index (χ1) is 9.19. The summed E-state index contributed by atoms with van der Waals surface area (Å²) in [5.74, 6) is 0.579. The molecule has 2 N–H and O–H groups in total. The lowest BCUT2D eigenvalue weighted by Crippen LogP contribution is -2.31. The summed E-state index contributed by atoms with van der Waals surface area (Å²) in [5, 5.41) is 11.9. The van der Waals surface area contributed by atoms with Gasteiger partial charge < -0.3 is 10.4 Å². The first-order valence-corrected chi connectivity index (χ1v) is 6.87. The summed E-state index contributed by atoms with van der Waals surface area (Å²) in [4.78, 5) is 14.1. The number of aliphatic hydroxyl groups is 1. The third kappa shape index (κ3) is 4.04. The maximum Gasteiger partial charge on any atom is 0.238 e. The number of likely N-dealkylation sites (tertiary alicyclic amines) is 1. The Bertz CT molecular complexity index is 434. The van der Waals surface area contributed by atoms with Gasteiger partial charge in [-0.25, -0.2) is 0 Å². The van der Waals surface area contributed by atoms with E-state index in [1.165, 1.54) is 0 Å². The van der Waals surface area contributed by atoms with Crippen molar-refractivity contribution in [3.05, 3.63) is 29.8 Å². The Kier molecular flexibility index (Phi) is 4.93.